The first-order chi connectivity index (χ1) is 11.5. The van der Waals surface area contributed by atoms with E-state index in [2.05, 4.69) is 14.7 Å². The van der Waals surface area contributed by atoms with Crippen molar-refractivity contribution in [2.24, 2.45) is 0 Å². The highest BCUT2D eigenvalue weighted by atomic mass is 35.5. The van der Waals surface area contributed by atoms with Crippen LogP contribution in [0.15, 0.2) is 47.6 Å². The van der Waals surface area contributed by atoms with Crippen molar-refractivity contribution in [1.29, 1.82) is 0 Å². The van der Waals surface area contributed by atoms with E-state index < -0.39 is 10.0 Å². The van der Waals surface area contributed by atoms with E-state index in [1.165, 1.54) is 12.1 Å². The topological polar surface area (TPSA) is 81.2 Å². The number of hydrogen-bond acceptors (Lipinski definition) is 5. The second-order valence-electron chi connectivity index (χ2n) is 5.70. The highest BCUT2D eigenvalue weighted by Gasteiger charge is 2.27. The maximum absolute atomic E-state index is 12.4. The molecule has 0 atom stereocenters. The van der Waals surface area contributed by atoms with E-state index in [9.17, 15) is 8.42 Å². The van der Waals surface area contributed by atoms with Gasteiger partial charge >= 0.3 is 6.01 Å². The second kappa shape index (κ2) is 7.46. The lowest BCUT2D eigenvalue weighted by atomic mass is 9.94. The van der Waals surface area contributed by atoms with Gasteiger partial charge in [-0.3, -0.25) is 0 Å². The van der Waals surface area contributed by atoms with Crippen molar-refractivity contribution in [1.82, 2.24) is 14.7 Å². The third kappa shape index (κ3) is 4.43. The van der Waals surface area contributed by atoms with Crippen LogP contribution in [-0.2, 0) is 10.0 Å². The molecule has 2 aromatic rings. The van der Waals surface area contributed by atoms with Gasteiger partial charge in [-0.25, -0.2) is 23.1 Å². The molecular weight excluding hydrogens is 350 g/mol. The Morgan fingerprint density at radius 1 is 1.08 bits per heavy atom. The van der Waals surface area contributed by atoms with Crippen molar-refractivity contribution in [2.75, 3.05) is 0 Å². The summed E-state index contributed by atoms with van der Waals surface area (Å²) in [5.41, 5.74) is 0. The van der Waals surface area contributed by atoms with Gasteiger partial charge in [-0.1, -0.05) is 17.7 Å². The molecule has 0 radical (unpaired) electrons. The molecule has 1 heterocycles. The number of aromatic nitrogens is 2. The molecule has 1 aromatic carbocycles. The van der Waals surface area contributed by atoms with Gasteiger partial charge in [0, 0.05) is 23.5 Å². The van der Waals surface area contributed by atoms with Gasteiger partial charge in [0.15, 0.2) is 0 Å². The van der Waals surface area contributed by atoms with E-state index in [-0.39, 0.29) is 17.0 Å². The van der Waals surface area contributed by atoms with Crippen molar-refractivity contribution >= 4 is 21.6 Å². The number of ether oxygens (including phenoxy) is 1. The minimum atomic E-state index is -3.56. The first-order valence-electron chi connectivity index (χ1n) is 7.74. The zero-order chi connectivity index (χ0) is 17.0. The molecule has 0 amide bonds. The third-order valence-electron chi connectivity index (χ3n) is 3.92. The van der Waals surface area contributed by atoms with Gasteiger partial charge in [0.1, 0.15) is 6.10 Å². The van der Waals surface area contributed by atoms with Crippen LogP contribution in [0.1, 0.15) is 25.7 Å². The molecule has 1 aliphatic carbocycles. The number of sulfonamides is 1. The van der Waals surface area contributed by atoms with Crippen molar-refractivity contribution in [3.05, 3.63) is 47.7 Å². The largest absolute Gasteiger partial charge is 0.460 e. The van der Waals surface area contributed by atoms with Crippen LogP contribution in [0.25, 0.3) is 0 Å². The van der Waals surface area contributed by atoms with Gasteiger partial charge < -0.3 is 4.74 Å². The average molecular weight is 368 g/mol. The summed E-state index contributed by atoms with van der Waals surface area (Å²) in [6.45, 7) is 0. The summed E-state index contributed by atoms with van der Waals surface area (Å²) in [4.78, 5) is 8.27. The van der Waals surface area contributed by atoms with Gasteiger partial charge in [-0.05, 0) is 49.9 Å². The second-order valence-corrected chi connectivity index (χ2v) is 7.85. The Labute approximate surface area is 146 Å². The zero-order valence-corrected chi connectivity index (χ0v) is 14.5. The Kier molecular flexibility index (Phi) is 5.33. The summed E-state index contributed by atoms with van der Waals surface area (Å²) in [7, 11) is -3.56. The fourth-order valence-corrected chi connectivity index (χ4v) is 4.32. The molecule has 0 unspecified atom stereocenters. The van der Waals surface area contributed by atoms with Crippen LogP contribution in [0.4, 0.5) is 0 Å². The van der Waals surface area contributed by atoms with Gasteiger partial charge in [0.25, 0.3) is 0 Å². The van der Waals surface area contributed by atoms with Crippen LogP contribution in [0, 0.1) is 0 Å². The lowest BCUT2D eigenvalue weighted by Crippen LogP contribution is -2.39. The van der Waals surface area contributed by atoms with E-state index in [0.717, 1.165) is 12.8 Å². The Morgan fingerprint density at radius 3 is 2.46 bits per heavy atom. The minimum absolute atomic E-state index is 0.0133. The quantitative estimate of drug-likeness (QED) is 0.878. The van der Waals surface area contributed by atoms with Crippen molar-refractivity contribution in [3.63, 3.8) is 0 Å². The zero-order valence-electron chi connectivity index (χ0n) is 12.9. The molecule has 1 aromatic heterocycles. The summed E-state index contributed by atoms with van der Waals surface area (Å²) in [6.07, 6.45) is 6.19. The molecule has 1 aliphatic rings. The molecule has 1 N–H and O–H groups in total. The van der Waals surface area contributed by atoms with Crippen LogP contribution in [0.5, 0.6) is 6.01 Å². The summed E-state index contributed by atoms with van der Waals surface area (Å²) >= 11 is 5.87. The summed E-state index contributed by atoms with van der Waals surface area (Å²) < 4.78 is 33.3. The van der Waals surface area contributed by atoms with Gasteiger partial charge in [-0.15, -0.1) is 0 Å². The highest BCUT2D eigenvalue weighted by Crippen LogP contribution is 2.24. The lowest BCUT2D eigenvalue weighted by Gasteiger charge is -2.28. The van der Waals surface area contributed by atoms with E-state index in [0.29, 0.717) is 23.9 Å². The van der Waals surface area contributed by atoms with Gasteiger partial charge in [0.05, 0.1) is 4.90 Å². The highest BCUT2D eigenvalue weighted by molar-refractivity contribution is 7.89. The standard InChI is InChI=1S/C16H18ClN3O3S/c17-12-3-1-4-15(11-12)24(21,22)20-13-5-7-14(8-6-13)23-16-18-9-2-10-19-16/h1-4,9-11,13-14,20H,5-8H2. The van der Waals surface area contributed by atoms with Gasteiger partial charge in [0.2, 0.25) is 10.0 Å². The Hall–Kier alpha value is -1.70. The Morgan fingerprint density at radius 2 is 1.79 bits per heavy atom. The van der Waals surface area contributed by atoms with Crippen LogP contribution >= 0.6 is 11.6 Å². The van der Waals surface area contributed by atoms with Crippen molar-refractivity contribution in [3.8, 4) is 6.01 Å². The average Bonchev–Trinajstić information content (AvgIpc) is 2.57. The van der Waals surface area contributed by atoms with E-state index >= 15 is 0 Å². The van der Waals surface area contributed by atoms with E-state index in [1.54, 1.807) is 30.6 Å². The summed E-state index contributed by atoms with van der Waals surface area (Å²) in [5.74, 6) is 0. The molecule has 0 bridgehead atoms. The minimum Gasteiger partial charge on any atom is -0.460 e. The Bertz CT molecular complexity index is 778. The summed E-state index contributed by atoms with van der Waals surface area (Å²) in [6, 6.07) is 8.25. The van der Waals surface area contributed by atoms with Crippen molar-refractivity contribution in [2.45, 2.75) is 42.7 Å². The first kappa shape index (κ1) is 17.1. The number of hydrogen-bond donors (Lipinski definition) is 1. The molecule has 1 saturated carbocycles. The monoisotopic (exact) mass is 367 g/mol. The smallest absolute Gasteiger partial charge is 0.316 e. The van der Waals surface area contributed by atoms with Crippen LogP contribution in [0.2, 0.25) is 5.02 Å². The molecular formula is C16H18ClN3O3S. The summed E-state index contributed by atoms with van der Waals surface area (Å²) in [5, 5.41) is 0.401. The molecule has 6 nitrogen and oxygen atoms in total. The Balaban J connectivity index is 1.55. The van der Waals surface area contributed by atoms with Crippen LogP contribution < -0.4 is 9.46 Å². The molecule has 0 aliphatic heterocycles. The number of rotatable bonds is 5. The number of halogens is 1. The molecule has 1 fully saturated rings. The molecule has 24 heavy (non-hydrogen) atoms. The lowest BCUT2D eigenvalue weighted by molar-refractivity contribution is 0.132. The number of benzene rings is 1. The molecule has 3 rings (SSSR count). The molecule has 128 valence electrons. The fourth-order valence-electron chi connectivity index (χ4n) is 2.72. The van der Waals surface area contributed by atoms with Crippen LogP contribution in [-0.4, -0.2) is 30.5 Å². The molecule has 0 saturated heterocycles. The predicted octanol–water partition coefficient (Wildman–Crippen LogP) is 2.80. The predicted molar refractivity (Wildman–Crippen MR) is 90.5 cm³/mol. The van der Waals surface area contributed by atoms with Crippen molar-refractivity contribution < 1.29 is 13.2 Å². The maximum Gasteiger partial charge on any atom is 0.316 e. The first-order valence-corrected chi connectivity index (χ1v) is 9.60. The maximum atomic E-state index is 12.4. The number of nitrogens with zero attached hydrogens (tertiary/aromatic N) is 2. The fraction of sp³-hybridized carbons (Fsp3) is 0.375. The molecule has 0 spiro atoms. The molecule has 8 heteroatoms. The van der Waals surface area contributed by atoms with Crippen LogP contribution in [0.3, 0.4) is 0 Å². The van der Waals surface area contributed by atoms with E-state index in [4.69, 9.17) is 16.3 Å². The SMILES string of the molecule is O=S(=O)(NC1CCC(Oc2ncccn2)CC1)c1cccc(Cl)c1. The third-order valence-corrected chi connectivity index (χ3v) is 5.67. The van der Waals surface area contributed by atoms with Gasteiger partial charge in [-0.2, -0.15) is 0 Å². The van der Waals surface area contributed by atoms with E-state index in [1.807, 2.05) is 0 Å². The normalized spacial score (nSPS) is 21.4. The number of nitrogens with one attached hydrogen (secondary N) is 1.